The summed E-state index contributed by atoms with van der Waals surface area (Å²) in [5.74, 6) is 0.207. The Bertz CT molecular complexity index is 1340. The molecule has 2 fully saturated rings. The predicted molar refractivity (Wildman–Crippen MR) is 151 cm³/mol. The average Bonchev–Trinajstić information content (AvgIpc) is 3.44. The number of anilines is 2. The topological polar surface area (TPSA) is 64.2 Å². The number of piperidine rings is 1. The van der Waals surface area contributed by atoms with E-state index in [1.165, 1.54) is 0 Å². The Morgan fingerprint density at radius 1 is 0.821 bits per heavy atom. The molecule has 0 aromatic heterocycles. The van der Waals surface area contributed by atoms with E-state index >= 15 is 0 Å². The van der Waals surface area contributed by atoms with Gasteiger partial charge in [0.15, 0.2) is 0 Å². The highest BCUT2D eigenvalue weighted by atomic mass is 16.2. The van der Waals surface area contributed by atoms with Crippen LogP contribution in [0.15, 0.2) is 84.9 Å². The molecule has 0 saturated carbocycles. The maximum Gasteiger partial charge on any atom is 0.250 e. The number of likely N-dealkylation sites (tertiary alicyclic amines) is 1. The van der Waals surface area contributed by atoms with E-state index in [1.807, 2.05) is 89.8 Å². The van der Waals surface area contributed by atoms with Crippen LogP contribution in [0.3, 0.4) is 0 Å². The Morgan fingerprint density at radius 2 is 1.49 bits per heavy atom. The van der Waals surface area contributed by atoms with Crippen LogP contribution in [0.4, 0.5) is 11.4 Å². The maximum absolute atomic E-state index is 14.2. The Hall–Kier alpha value is -3.97. The van der Waals surface area contributed by atoms with E-state index in [0.717, 1.165) is 54.8 Å². The third-order valence-electron chi connectivity index (χ3n) is 8.61. The Labute approximate surface area is 229 Å². The second kappa shape index (κ2) is 10.7. The van der Waals surface area contributed by atoms with Crippen molar-refractivity contribution in [3.63, 3.8) is 0 Å². The van der Waals surface area contributed by atoms with Gasteiger partial charge in [0.25, 0.3) is 5.91 Å². The summed E-state index contributed by atoms with van der Waals surface area (Å²) < 4.78 is 0. The zero-order chi connectivity index (χ0) is 26.8. The maximum atomic E-state index is 14.2. The van der Waals surface area contributed by atoms with Gasteiger partial charge in [-0.05, 0) is 55.1 Å². The fraction of sp³-hybridized carbons (Fsp3) is 0.344. The average molecular weight is 523 g/mol. The molecule has 2 amide bonds. The van der Waals surface area contributed by atoms with Gasteiger partial charge >= 0.3 is 0 Å². The van der Waals surface area contributed by atoms with Gasteiger partial charge in [-0.25, -0.2) is 0 Å². The minimum absolute atomic E-state index is 0.0335. The van der Waals surface area contributed by atoms with Crippen LogP contribution in [0.5, 0.6) is 0 Å². The van der Waals surface area contributed by atoms with Crippen molar-refractivity contribution >= 4 is 29.5 Å². The van der Waals surface area contributed by atoms with Crippen molar-refractivity contribution in [1.29, 1.82) is 0 Å². The van der Waals surface area contributed by atoms with E-state index in [-0.39, 0.29) is 11.8 Å². The summed E-state index contributed by atoms with van der Waals surface area (Å²) in [6.07, 6.45) is 3.66. The number of nitrogens with zero attached hydrogens (tertiary/aromatic N) is 4. The smallest absolute Gasteiger partial charge is 0.250 e. The summed E-state index contributed by atoms with van der Waals surface area (Å²) in [7, 11) is 0. The summed E-state index contributed by atoms with van der Waals surface area (Å²) in [4.78, 5) is 47.3. The van der Waals surface area contributed by atoms with Crippen LogP contribution in [-0.2, 0) is 20.8 Å². The molecule has 3 aliphatic heterocycles. The summed E-state index contributed by atoms with van der Waals surface area (Å²) in [6, 6.07) is 27.1. The number of carbonyl (C=O) groups excluding carboxylic acids is 3. The van der Waals surface area contributed by atoms with E-state index < -0.39 is 11.6 Å². The van der Waals surface area contributed by atoms with Gasteiger partial charge in [-0.2, -0.15) is 0 Å². The zero-order valence-corrected chi connectivity index (χ0v) is 22.1. The van der Waals surface area contributed by atoms with Crippen LogP contribution in [0.1, 0.15) is 36.4 Å². The molecule has 1 atom stereocenters. The van der Waals surface area contributed by atoms with Crippen molar-refractivity contribution in [1.82, 2.24) is 9.80 Å². The van der Waals surface area contributed by atoms with E-state index in [0.29, 0.717) is 32.5 Å². The van der Waals surface area contributed by atoms with Crippen molar-refractivity contribution in [2.24, 2.45) is 0 Å². The van der Waals surface area contributed by atoms with Gasteiger partial charge in [0.1, 0.15) is 17.9 Å². The number of amides is 2. The standard InChI is InChI=1S/C32H34N4O3/c37-23-29(25-10-3-1-4-11-25)35-24-36(27-13-5-2-6-14-27)32(31(35)39)16-20-33(21-17-32)18-9-19-34-28-15-8-7-12-26(28)22-30(34)38/h1-8,10-15,23,29H,9,16-22,24H2. The second-order valence-electron chi connectivity index (χ2n) is 10.7. The first-order valence-corrected chi connectivity index (χ1v) is 13.9. The number of hydrogen-bond donors (Lipinski definition) is 0. The first-order chi connectivity index (χ1) is 19.1. The molecular formula is C32H34N4O3. The quantitative estimate of drug-likeness (QED) is 0.418. The van der Waals surface area contributed by atoms with Crippen LogP contribution < -0.4 is 9.80 Å². The van der Waals surface area contributed by atoms with Crippen molar-refractivity contribution in [3.05, 3.63) is 96.1 Å². The number of rotatable bonds is 8. The molecule has 0 N–H and O–H groups in total. The van der Waals surface area contributed by atoms with Gasteiger partial charge in [0, 0.05) is 31.0 Å². The van der Waals surface area contributed by atoms with E-state index in [4.69, 9.17) is 0 Å². The number of hydrogen-bond acceptors (Lipinski definition) is 5. The molecule has 2 saturated heterocycles. The van der Waals surface area contributed by atoms with Crippen LogP contribution in [0, 0.1) is 0 Å². The summed E-state index contributed by atoms with van der Waals surface area (Å²) in [6.45, 7) is 3.57. The van der Waals surface area contributed by atoms with Gasteiger partial charge < -0.3 is 24.4 Å². The van der Waals surface area contributed by atoms with Crippen LogP contribution in [-0.4, -0.2) is 66.3 Å². The highest BCUT2D eigenvalue weighted by molar-refractivity contribution is 6.01. The van der Waals surface area contributed by atoms with E-state index in [2.05, 4.69) is 9.80 Å². The van der Waals surface area contributed by atoms with Gasteiger partial charge in [-0.15, -0.1) is 0 Å². The highest BCUT2D eigenvalue weighted by Crippen LogP contribution is 2.42. The van der Waals surface area contributed by atoms with Crippen molar-refractivity contribution in [3.8, 4) is 0 Å². The fourth-order valence-corrected chi connectivity index (χ4v) is 6.51. The molecule has 7 nitrogen and oxygen atoms in total. The fourth-order valence-electron chi connectivity index (χ4n) is 6.51. The van der Waals surface area contributed by atoms with Gasteiger partial charge in [-0.3, -0.25) is 9.59 Å². The molecular weight excluding hydrogens is 488 g/mol. The number of benzene rings is 3. The molecule has 3 aromatic rings. The van der Waals surface area contributed by atoms with Gasteiger partial charge in [0.2, 0.25) is 5.91 Å². The molecule has 1 spiro atoms. The third kappa shape index (κ3) is 4.61. The van der Waals surface area contributed by atoms with E-state index in [9.17, 15) is 14.4 Å². The van der Waals surface area contributed by atoms with Crippen LogP contribution in [0.25, 0.3) is 0 Å². The van der Waals surface area contributed by atoms with Crippen LogP contribution >= 0.6 is 0 Å². The molecule has 0 radical (unpaired) electrons. The Kier molecular flexibility index (Phi) is 6.92. The number of carbonyl (C=O) groups is 3. The Morgan fingerprint density at radius 3 is 2.21 bits per heavy atom. The molecule has 3 aliphatic rings. The molecule has 0 bridgehead atoms. The van der Waals surface area contributed by atoms with Gasteiger partial charge in [-0.1, -0.05) is 66.7 Å². The first-order valence-electron chi connectivity index (χ1n) is 13.9. The molecule has 6 rings (SSSR count). The third-order valence-corrected chi connectivity index (χ3v) is 8.61. The molecule has 0 aliphatic carbocycles. The monoisotopic (exact) mass is 522 g/mol. The summed E-state index contributed by atoms with van der Waals surface area (Å²) in [5.41, 5.74) is 3.32. The normalized spacial score (nSPS) is 19.5. The lowest BCUT2D eigenvalue weighted by Gasteiger charge is -2.43. The lowest BCUT2D eigenvalue weighted by Crippen LogP contribution is -2.56. The minimum atomic E-state index is -0.669. The lowest BCUT2D eigenvalue weighted by atomic mass is 9.85. The Balaban J connectivity index is 1.15. The van der Waals surface area contributed by atoms with Crippen molar-refractivity contribution in [2.75, 3.05) is 42.6 Å². The number of fused-ring (bicyclic) bond motifs is 1. The first kappa shape index (κ1) is 25.3. The molecule has 200 valence electrons. The summed E-state index contributed by atoms with van der Waals surface area (Å²) in [5, 5.41) is 0. The molecule has 3 aromatic carbocycles. The molecule has 7 heteroatoms. The van der Waals surface area contributed by atoms with Crippen molar-refractivity contribution < 1.29 is 14.4 Å². The lowest BCUT2D eigenvalue weighted by molar-refractivity contribution is -0.138. The minimum Gasteiger partial charge on any atom is -0.339 e. The zero-order valence-electron chi connectivity index (χ0n) is 22.1. The number of para-hydroxylation sites is 2. The van der Waals surface area contributed by atoms with E-state index in [1.54, 1.807) is 4.90 Å². The second-order valence-corrected chi connectivity index (χ2v) is 10.7. The number of aldehydes is 1. The highest BCUT2D eigenvalue weighted by Gasteiger charge is 2.55. The molecule has 1 unspecified atom stereocenters. The SMILES string of the molecule is O=CC(c1ccccc1)N1CN(c2ccccc2)C2(CCN(CCCN3C(=O)Cc4ccccc43)CC2)C1=O. The molecule has 39 heavy (non-hydrogen) atoms. The van der Waals surface area contributed by atoms with Crippen molar-refractivity contribution in [2.45, 2.75) is 37.3 Å². The van der Waals surface area contributed by atoms with Crippen LogP contribution in [0.2, 0.25) is 0 Å². The summed E-state index contributed by atoms with van der Waals surface area (Å²) >= 11 is 0. The molecule has 3 heterocycles. The van der Waals surface area contributed by atoms with Gasteiger partial charge in [0.05, 0.1) is 13.1 Å². The largest absolute Gasteiger partial charge is 0.339 e. The predicted octanol–water partition coefficient (Wildman–Crippen LogP) is 4.05.